The van der Waals surface area contributed by atoms with Crippen LogP contribution >= 0.6 is 21.6 Å². The molecule has 0 aliphatic rings. The number of nitrogens with zero attached hydrogens (tertiary/aromatic N) is 1. The van der Waals surface area contributed by atoms with Gasteiger partial charge in [0, 0.05) is 29.8 Å². The van der Waals surface area contributed by atoms with Crippen molar-refractivity contribution >= 4 is 26.9 Å². The van der Waals surface area contributed by atoms with Crippen LogP contribution < -0.4 is 0 Å². The van der Waals surface area contributed by atoms with Gasteiger partial charge >= 0.3 is 5.30 Å². The Morgan fingerprint density at radius 2 is 1.23 bits per heavy atom. The Morgan fingerprint density at radius 1 is 0.700 bits per heavy atom. The van der Waals surface area contributed by atoms with Crippen LogP contribution in [0.3, 0.4) is 0 Å². The molecule has 0 radical (unpaired) electrons. The monoisotopic (exact) mass is 463 g/mol. The van der Waals surface area contributed by atoms with Crippen LogP contribution in [0.4, 0.5) is 4.79 Å². The highest BCUT2D eigenvalue weighted by Gasteiger charge is 2.04. The molecule has 4 nitrogen and oxygen atoms in total. The van der Waals surface area contributed by atoms with E-state index in [0.717, 1.165) is 44.8 Å². The van der Waals surface area contributed by atoms with Crippen molar-refractivity contribution in [1.29, 1.82) is 0 Å². The molecule has 0 spiro atoms. The van der Waals surface area contributed by atoms with Gasteiger partial charge in [-0.2, -0.15) is 0 Å². The Kier molecular flexibility index (Phi) is 25.4. The van der Waals surface area contributed by atoms with E-state index in [1.807, 2.05) is 0 Å². The zero-order valence-corrected chi connectivity index (χ0v) is 21.8. The molecule has 0 N–H and O–H groups in total. The van der Waals surface area contributed by atoms with E-state index < -0.39 is 0 Å². The van der Waals surface area contributed by atoms with Crippen LogP contribution in [0, 0.1) is 0 Å². The first kappa shape index (κ1) is 30.1. The van der Waals surface area contributed by atoms with Gasteiger partial charge in [-0.15, -0.1) is 0 Å². The highest BCUT2D eigenvalue weighted by molar-refractivity contribution is 8.82. The maximum atomic E-state index is 11.7. The molecule has 0 rings (SSSR count). The summed E-state index contributed by atoms with van der Waals surface area (Å²) in [5, 5.41) is -0.147. The summed E-state index contributed by atoms with van der Waals surface area (Å²) in [4.78, 5) is 13.8. The second kappa shape index (κ2) is 25.4. The van der Waals surface area contributed by atoms with Gasteiger partial charge in [0.15, 0.2) is 0 Å². The third-order valence-electron chi connectivity index (χ3n) is 5.01. The molecule has 0 unspecified atom stereocenters. The predicted octanol–water partition coefficient (Wildman–Crippen LogP) is 7.95. The van der Waals surface area contributed by atoms with E-state index in [0.29, 0.717) is 6.61 Å². The third kappa shape index (κ3) is 26.1. The summed E-state index contributed by atoms with van der Waals surface area (Å²) in [6, 6.07) is 0. The fourth-order valence-electron chi connectivity index (χ4n) is 3.19. The summed E-state index contributed by atoms with van der Waals surface area (Å²) in [7, 11) is 6.95. The van der Waals surface area contributed by atoms with Crippen molar-refractivity contribution in [1.82, 2.24) is 4.90 Å². The van der Waals surface area contributed by atoms with E-state index in [9.17, 15) is 4.79 Å². The lowest BCUT2D eigenvalue weighted by molar-refractivity contribution is 0.127. The second-order valence-corrected chi connectivity index (χ2v) is 10.7. The first-order chi connectivity index (χ1) is 14.7. The maximum absolute atomic E-state index is 11.7. The zero-order valence-electron chi connectivity index (χ0n) is 20.1. The normalized spacial score (nSPS) is 11.3. The lowest BCUT2D eigenvalue weighted by Gasteiger charge is -2.09. The molecule has 0 aromatic carbocycles. The number of ether oxygens (including phenoxy) is 2. The fraction of sp³-hybridized carbons (Fsp3) is 0.958. The van der Waals surface area contributed by atoms with Crippen molar-refractivity contribution < 1.29 is 14.3 Å². The van der Waals surface area contributed by atoms with E-state index in [2.05, 4.69) is 25.9 Å². The molecule has 0 fully saturated rings. The van der Waals surface area contributed by atoms with Gasteiger partial charge in [0.05, 0.1) is 6.61 Å². The molecular formula is C24H49NO3S2. The Morgan fingerprint density at radius 3 is 1.80 bits per heavy atom. The van der Waals surface area contributed by atoms with Crippen LogP contribution in [0.5, 0.6) is 0 Å². The molecule has 0 aliphatic carbocycles. The van der Waals surface area contributed by atoms with Gasteiger partial charge in [-0.1, -0.05) is 94.8 Å². The minimum Gasteiger partial charge on any atom is -0.457 e. The molecule has 6 heteroatoms. The largest absolute Gasteiger partial charge is 0.457 e. The van der Waals surface area contributed by atoms with Crippen LogP contribution in [0.25, 0.3) is 0 Å². The topological polar surface area (TPSA) is 38.8 Å². The molecule has 0 aromatic heterocycles. The molecule has 0 aromatic rings. The van der Waals surface area contributed by atoms with Crippen LogP contribution in [0.1, 0.15) is 103 Å². The summed E-state index contributed by atoms with van der Waals surface area (Å²) in [6.07, 6.45) is 19.4. The minimum absolute atomic E-state index is 0.147. The Balaban J connectivity index is 3.15. The van der Waals surface area contributed by atoms with Gasteiger partial charge in [0.2, 0.25) is 0 Å². The molecule has 0 heterocycles. The van der Waals surface area contributed by atoms with Crippen LogP contribution in [0.15, 0.2) is 0 Å². The summed E-state index contributed by atoms with van der Waals surface area (Å²) < 4.78 is 10.9. The first-order valence-electron chi connectivity index (χ1n) is 12.4. The van der Waals surface area contributed by atoms with E-state index in [1.54, 1.807) is 10.8 Å². The smallest absolute Gasteiger partial charge is 0.378 e. The van der Waals surface area contributed by atoms with Gasteiger partial charge in [0.1, 0.15) is 0 Å². The number of unbranched alkanes of at least 4 members (excludes halogenated alkanes) is 12. The number of rotatable bonds is 23. The van der Waals surface area contributed by atoms with Crippen molar-refractivity contribution in [2.24, 2.45) is 0 Å². The minimum atomic E-state index is -0.147. The lowest BCUT2D eigenvalue weighted by atomic mass is 10.0. The summed E-state index contributed by atoms with van der Waals surface area (Å²) in [5.41, 5.74) is 0. The summed E-state index contributed by atoms with van der Waals surface area (Å²) >= 11 is 0. The van der Waals surface area contributed by atoms with E-state index in [4.69, 9.17) is 9.47 Å². The van der Waals surface area contributed by atoms with Crippen LogP contribution in [0.2, 0.25) is 0 Å². The van der Waals surface area contributed by atoms with E-state index in [-0.39, 0.29) is 5.30 Å². The third-order valence-corrected chi connectivity index (χ3v) is 7.09. The van der Waals surface area contributed by atoms with Crippen LogP contribution in [-0.4, -0.2) is 56.4 Å². The van der Waals surface area contributed by atoms with Gasteiger partial charge in [-0.3, -0.25) is 0 Å². The highest BCUT2D eigenvalue weighted by atomic mass is 33.1. The Hall–Kier alpha value is 0.0900. The van der Waals surface area contributed by atoms with Gasteiger partial charge in [0.25, 0.3) is 0 Å². The second-order valence-electron chi connectivity index (χ2n) is 8.37. The molecule has 30 heavy (non-hydrogen) atoms. The van der Waals surface area contributed by atoms with E-state index >= 15 is 0 Å². The molecule has 0 aliphatic heterocycles. The van der Waals surface area contributed by atoms with Crippen molar-refractivity contribution in [3.8, 4) is 0 Å². The van der Waals surface area contributed by atoms with Crippen LogP contribution in [-0.2, 0) is 9.47 Å². The van der Waals surface area contributed by atoms with E-state index in [1.165, 1.54) is 87.8 Å². The zero-order chi connectivity index (χ0) is 22.1. The Labute approximate surface area is 195 Å². The average Bonchev–Trinajstić information content (AvgIpc) is 2.72. The average molecular weight is 464 g/mol. The maximum Gasteiger partial charge on any atom is 0.378 e. The molecule has 0 atom stereocenters. The first-order valence-corrected chi connectivity index (χ1v) is 14.7. The van der Waals surface area contributed by atoms with Gasteiger partial charge in [-0.25, -0.2) is 4.79 Å². The summed E-state index contributed by atoms with van der Waals surface area (Å²) in [6.45, 7) is 5.50. The van der Waals surface area contributed by atoms with Gasteiger partial charge < -0.3 is 14.4 Å². The van der Waals surface area contributed by atoms with Crippen molar-refractivity contribution in [3.05, 3.63) is 0 Å². The standard InChI is InChI=1S/C24H49NO3S2/c1-4-5-6-7-8-9-10-11-12-13-14-15-16-22-28-24(26)30-29-23-18-21-27-20-17-19-25(2)3/h4-23H2,1-3H3. The molecule has 0 bridgehead atoms. The SMILES string of the molecule is CCCCCCCCCCCCCCCOC(=O)SSCCCOCCCN(C)C. The molecule has 0 amide bonds. The quantitative estimate of drug-likeness (QED) is 0.0869. The van der Waals surface area contributed by atoms with Crippen molar-refractivity contribution in [3.63, 3.8) is 0 Å². The highest BCUT2D eigenvalue weighted by Crippen LogP contribution is 2.24. The number of hydrogen-bond acceptors (Lipinski definition) is 6. The van der Waals surface area contributed by atoms with Crippen molar-refractivity contribution in [2.45, 2.75) is 103 Å². The fourth-order valence-corrected chi connectivity index (χ4v) is 4.78. The molecule has 0 saturated heterocycles. The predicted molar refractivity (Wildman–Crippen MR) is 136 cm³/mol. The van der Waals surface area contributed by atoms with Gasteiger partial charge in [-0.05, 0) is 39.9 Å². The molecule has 180 valence electrons. The lowest BCUT2D eigenvalue weighted by Crippen LogP contribution is -2.15. The summed E-state index contributed by atoms with van der Waals surface area (Å²) in [5.74, 6) is 0.923. The number of hydrogen-bond donors (Lipinski definition) is 0. The molecule has 0 saturated carbocycles. The Bertz CT molecular complexity index is 357. The van der Waals surface area contributed by atoms with Crippen molar-refractivity contribution in [2.75, 3.05) is 46.2 Å². The number of carbonyl (C=O) groups is 1. The number of carbonyl (C=O) groups excluding carboxylic acids is 1. The molecular weight excluding hydrogens is 414 g/mol.